The fraction of sp³-hybridized carbons (Fsp3) is 0.133. The molecular weight excluding hydrogens is 229 g/mol. The van der Waals surface area contributed by atoms with Crippen LogP contribution in [-0.4, -0.2) is 5.78 Å². The number of ketones is 1. The summed E-state index contributed by atoms with van der Waals surface area (Å²) in [6.45, 7) is 1.80. The van der Waals surface area contributed by atoms with Crippen LogP contribution >= 0.6 is 0 Å². The van der Waals surface area contributed by atoms with E-state index in [4.69, 9.17) is 5.73 Å². The highest BCUT2D eigenvalue weighted by atomic mass is 19.1. The Morgan fingerprint density at radius 3 is 2.61 bits per heavy atom. The summed E-state index contributed by atoms with van der Waals surface area (Å²) in [6, 6.07) is 11.5. The van der Waals surface area contributed by atoms with Gasteiger partial charge in [0.25, 0.3) is 0 Å². The van der Waals surface area contributed by atoms with E-state index in [-0.39, 0.29) is 18.0 Å². The molecule has 2 N–H and O–H groups in total. The van der Waals surface area contributed by atoms with Crippen LogP contribution in [0.3, 0.4) is 0 Å². The van der Waals surface area contributed by atoms with Gasteiger partial charge in [0.15, 0.2) is 5.78 Å². The van der Waals surface area contributed by atoms with Crippen molar-refractivity contribution in [1.29, 1.82) is 0 Å². The van der Waals surface area contributed by atoms with Crippen LogP contribution in [0.25, 0.3) is 0 Å². The summed E-state index contributed by atoms with van der Waals surface area (Å²) in [5.74, 6) is -0.475. The second-order valence-corrected chi connectivity index (χ2v) is 4.21. The maximum absolute atomic E-state index is 13.5. The quantitative estimate of drug-likeness (QED) is 0.664. The van der Waals surface area contributed by atoms with Crippen LogP contribution in [0.4, 0.5) is 10.1 Å². The predicted octanol–water partition coefficient (Wildman–Crippen LogP) is 3.14. The molecule has 18 heavy (non-hydrogen) atoms. The monoisotopic (exact) mass is 243 g/mol. The number of halogens is 1. The highest BCUT2D eigenvalue weighted by Crippen LogP contribution is 2.18. The topological polar surface area (TPSA) is 43.1 Å². The third-order valence-corrected chi connectivity index (χ3v) is 2.98. The van der Waals surface area contributed by atoms with Crippen LogP contribution in [0.1, 0.15) is 21.5 Å². The molecule has 0 fully saturated rings. The molecule has 0 aliphatic carbocycles. The van der Waals surface area contributed by atoms with Crippen molar-refractivity contribution in [2.24, 2.45) is 0 Å². The summed E-state index contributed by atoms with van der Waals surface area (Å²) in [5.41, 5.74) is 8.04. The Morgan fingerprint density at radius 2 is 1.89 bits per heavy atom. The Labute approximate surface area is 105 Å². The number of benzene rings is 2. The number of nitrogen functional groups attached to an aromatic ring is 1. The largest absolute Gasteiger partial charge is 0.398 e. The highest BCUT2D eigenvalue weighted by Gasteiger charge is 2.13. The van der Waals surface area contributed by atoms with E-state index in [0.29, 0.717) is 16.8 Å². The van der Waals surface area contributed by atoms with Crippen LogP contribution in [0.5, 0.6) is 0 Å². The van der Waals surface area contributed by atoms with Gasteiger partial charge in [0.05, 0.1) is 0 Å². The fourth-order valence-electron chi connectivity index (χ4n) is 1.87. The molecule has 2 nitrogen and oxygen atoms in total. The number of carbonyl (C=O) groups excluding carboxylic acids is 1. The second kappa shape index (κ2) is 5.00. The SMILES string of the molecule is Cc1c(N)cccc1C(=O)Cc1ccccc1F. The molecule has 0 amide bonds. The van der Waals surface area contributed by atoms with Gasteiger partial charge in [0, 0.05) is 17.7 Å². The molecule has 3 heteroatoms. The normalized spacial score (nSPS) is 10.3. The molecule has 2 rings (SSSR count). The van der Waals surface area contributed by atoms with Crippen molar-refractivity contribution < 1.29 is 9.18 Å². The Morgan fingerprint density at radius 1 is 1.17 bits per heavy atom. The number of carbonyl (C=O) groups is 1. The summed E-state index contributed by atoms with van der Waals surface area (Å²) in [4.78, 5) is 12.1. The Hall–Kier alpha value is -2.16. The lowest BCUT2D eigenvalue weighted by atomic mass is 9.98. The summed E-state index contributed by atoms with van der Waals surface area (Å²) in [6.07, 6.45) is 0.0525. The van der Waals surface area contributed by atoms with E-state index in [1.165, 1.54) is 6.07 Å². The summed E-state index contributed by atoms with van der Waals surface area (Å²) in [5, 5.41) is 0. The Kier molecular flexibility index (Phi) is 3.42. The molecule has 0 aliphatic heterocycles. The molecule has 0 aliphatic rings. The van der Waals surface area contributed by atoms with Crippen molar-refractivity contribution in [3.63, 3.8) is 0 Å². The lowest BCUT2D eigenvalue weighted by molar-refractivity contribution is 0.0991. The first-order valence-corrected chi connectivity index (χ1v) is 5.71. The van der Waals surface area contributed by atoms with Gasteiger partial charge in [0.1, 0.15) is 5.82 Å². The van der Waals surface area contributed by atoms with Crippen LogP contribution in [0.2, 0.25) is 0 Å². The van der Waals surface area contributed by atoms with Crippen molar-refractivity contribution in [1.82, 2.24) is 0 Å². The highest BCUT2D eigenvalue weighted by molar-refractivity contribution is 5.99. The minimum absolute atomic E-state index is 0.0525. The maximum atomic E-state index is 13.5. The van der Waals surface area contributed by atoms with Gasteiger partial charge in [-0.3, -0.25) is 4.79 Å². The molecule has 0 saturated heterocycles. The van der Waals surface area contributed by atoms with Gasteiger partial charge < -0.3 is 5.73 Å². The van der Waals surface area contributed by atoms with Gasteiger partial charge in [0.2, 0.25) is 0 Å². The number of hydrogen-bond acceptors (Lipinski definition) is 2. The summed E-state index contributed by atoms with van der Waals surface area (Å²) >= 11 is 0. The molecule has 0 atom stereocenters. The van der Waals surface area contributed by atoms with Gasteiger partial charge in [-0.05, 0) is 30.2 Å². The van der Waals surface area contributed by atoms with Crippen LogP contribution in [-0.2, 0) is 6.42 Å². The van der Waals surface area contributed by atoms with Gasteiger partial charge in [-0.1, -0.05) is 30.3 Å². The average molecular weight is 243 g/mol. The van der Waals surface area contributed by atoms with Gasteiger partial charge >= 0.3 is 0 Å². The van der Waals surface area contributed by atoms with Crippen molar-refractivity contribution >= 4 is 11.5 Å². The third-order valence-electron chi connectivity index (χ3n) is 2.98. The average Bonchev–Trinajstić information content (AvgIpc) is 2.35. The van der Waals surface area contributed by atoms with Crippen molar-refractivity contribution in [2.45, 2.75) is 13.3 Å². The van der Waals surface area contributed by atoms with Gasteiger partial charge in [-0.25, -0.2) is 4.39 Å². The van der Waals surface area contributed by atoms with E-state index in [1.54, 1.807) is 43.3 Å². The van der Waals surface area contributed by atoms with Gasteiger partial charge in [-0.2, -0.15) is 0 Å². The van der Waals surface area contributed by atoms with Crippen LogP contribution < -0.4 is 5.73 Å². The number of Topliss-reactive ketones (excluding diaryl/α,β-unsaturated/α-hetero) is 1. The van der Waals surface area contributed by atoms with Crippen molar-refractivity contribution in [3.05, 3.63) is 65.0 Å². The minimum Gasteiger partial charge on any atom is -0.398 e. The molecule has 0 unspecified atom stereocenters. The standard InChI is InChI=1S/C15H14FNO/c1-10-12(6-4-8-14(10)17)15(18)9-11-5-2-3-7-13(11)16/h2-8H,9,17H2,1H3. The number of rotatable bonds is 3. The van der Waals surface area contributed by atoms with Gasteiger partial charge in [-0.15, -0.1) is 0 Å². The molecule has 0 aromatic heterocycles. The van der Waals surface area contributed by atoms with E-state index in [0.717, 1.165) is 5.56 Å². The first kappa shape index (κ1) is 12.3. The second-order valence-electron chi connectivity index (χ2n) is 4.21. The maximum Gasteiger partial charge on any atom is 0.167 e. The number of hydrogen-bond donors (Lipinski definition) is 1. The molecule has 92 valence electrons. The smallest absolute Gasteiger partial charge is 0.167 e. The lowest BCUT2D eigenvalue weighted by Gasteiger charge is -2.07. The van der Waals surface area contributed by atoms with Crippen LogP contribution in [0, 0.1) is 12.7 Å². The van der Waals surface area contributed by atoms with E-state index in [1.807, 2.05) is 0 Å². The van der Waals surface area contributed by atoms with E-state index < -0.39 is 0 Å². The summed E-state index contributed by atoms with van der Waals surface area (Å²) < 4.78 is 13.5. The summed E-state index contributed by atoms with van der Waals surface area (Å²) in [7, 11) is 0. The molecule has 2 aromatic rings. The molecule has 0 bridgehead atoms. The zero-order valence-corrected chi connectivity index (χ0v) is 10.1. The number of nitrogens with two attached hydrogens (primary N) is 1. The minimum atomic E-state index is -0.354. The van der Waals surface area contributed by atoms with Crippen LogP contribution in [0.15, 0.2) is 42.5 Å². The third kappa shape index (κ3) is 2.40. The van der Waals surface area contributed by atoms with E-state index in [9.17, 15) is 9.18 Å². The molecule has 0 heterocycles. The number of anilines is 1. The first-order chi connectivity index (χ1) is 8.59. The molecule has 0 spiro atoms. The van der Waals surface area contributed by atoms with E-state index in [2.05, 4.69) is 0 Å². The fourth-order valence-corrected chi connectivity index (χ4v) is 1.87. The molecule has 0 radical (unpaired) electrons. The molecular formula is C15H14FNO. The zero-order valence-electron chi connectivity index (χ0n) is 10.1. The molecule has 2 aromatic carbocycles. The first-order valence-electron chi connectivity index (χ1n) is 5.71. The molecule has 0 saturated carbocycles. The lowest BCUT2D eigenvalue weighted by Crippen LogP contribution is -2.08. The van der Waals surface area contributed by atoms with Crippen molar-refractivity contribution in [2.75, 3.05) is 5.73 Å². The van der Waals surface area contributed by atoms with E-state index >= 15 is 0 Å². The Balaban J connectivity index is 2.28. The van der Waals surface area contributed by atoms with Crippen molar-refractivity contribution in [3.8, 4) is 0 Å². The zero-order chi connectivity index (χ0) is 13.1. The Bertz CT molecular complexity index is 593. The predicted molar refractivity (Wildman–Crippen MR) is 70.0 cm³/mol.